The van der Waals surface area contributed by atoms with Gasteiger partial charge in [-0.25, -0.2) is 5.48 Å². The molecular weight excluding hydrogens is 282 g/mol. The van der Waals surface area contributed by atoms with E-state index < -0.39 is 0 Å². The third-order valence-electron chi connectivity index (χ3n) is 2.74. The largest absolute Gasteiger partial charge is 0.275 e. The number of hydroxylamine groups is 1. The van der Waals surface area contributed by atoms with Crippen molar-refractivity contribution in [3.8, 4) is 0 Å². The summed E-state index contributed by atoms with van der Waals surface area (Å²) in [5, 5.41) is 0.421. The molecule has 110 valence electrons. The molecule has 0 spiro atoms. The lowest BCUT2D eigenvalue weighted by Gasteiger charge is -2.11. The van der Waals surface area contributed by atoms with E-state index in [0.29, 0.717) is 17.4 Å². The van der Waals surface area contributed by atoms with Crippen LogP contribution in [0, 0.1) is 0 Å². The van der Waals surface area contributed by atoms with Gasteiger partial charge >= 0.3 is 0 Å². The highest BCUT2D eigenvalue weighted by Crippen LogP contribution is 2.26. The monoisotopic (exact) mass is 301 g/mol. The van der Waals surface area contributed by atoms with Crippen molar-refractivity contribution in [3.05, 3.63) is 65.7 Å². The first-order valence-electron chi connectivity index (χ1n) is 6.88. The summed E-state index contributed by atoms with van der Waals surface area (Å²) < 4.78 is 0. The lowest BCUT2D eigenvalue weighted by atomic mass is 10.2. The minimum atomic E-state index is -0.213. The summed E-state index contributed by atoms with van der Waals surface area (Å²) in [5.41, 5.74) is 4.17. The van der Waals surface area contributed by atoms with Gasteiger partial charge in [0.1, 0.15) is 0 Å². The van der Waals surface area contributed by atoms with Crippen molar-refractivity contribution in [2.24, 2.45) is 0 Å². The molecule has 0 heterocycles. The van der Waals surface area contributed by atoms with Gasteiger partial charge in [-0.15, -0.1) is 11.8 Å². The molecule has 2 rings (SSSR count). The Morgan fingerprint density at radius 2 is 1.76 bits per heavy atom. The van der Waals surface area contributed by atoms with Crippen LogP contribution in [0.3, 0.4) is 0 Å². The van der Waals surface area contributed by atoms with Gasteiger partial charge in [-0.2, -0.15) is 0 Å². The van der Waals surface area contributed by atoms with Crippen LogP contribution in [0.4, 0.5) is 0 Å². The molecule has 0 radical (unpaired) electrons. The van der Waals surface area contributed by atoms with Gasteiger partial charge in [0.15, 0.2) is 0 Å². The predicted molar refractivity (Wildman–Crippen MR) is 86.1 cm³/mol. The Kier molecular flexibility index (Phi) is 5.84. The number of amides is 1. The zero-order valence-electron chi connectivity index (χ0n) is 12.2. The number of nitrogens with one attached hydrogen (secondary N) is 1. The second kappa shape index (κ2) is 7.86. The van der Waals surface area contributed by atoms with Crippen LogP contribution in [0.15, 0.2) is 59.5 Å². The summed E-state index contributed by atoms with van der Waals surface area (Å²) in [6.45, 7) is 4.56. The Morgan fingerprint density at radius 1 is 1.10 bits per heavy atom. The van der Waals surface area contributed by atoms with Gasteiger partial charge in [-0.05, 0) is 17.7 Å². The van der Waals surface area contributed by atoms with E-state index in [9.17, 15) is 4.79 Å². The number of carbonyl (C=O) groups is 1. The SMILES string of the molecule is CC(C)Sc1ccccc1C(=O)NOCc1ccccc1. The van der Waals surface area contributed by atoms with Gasteiger partial charge in [-0.1, -0.05) is 56.3 Å². The lowest BCUT2D eigenvalue weighted by molar-refractivity contribution is 0.0231. The minimum absolute atomic E-state index is 0.213. The van der Waals surface area contributed by atoms with Gasteiger partial charge in [-0.3, -0.25) is 9.63 Å². The summed E-state index contributed by atoms with van der Waals surface area (Å²) in [4.78, 5) is 18.4. The van der Waals surface area contributed by atoms with Crippen LogP contribution in [0.5, 0.6) is 0 Å². The molecule has 0 saturated carbocycles. The van der Waals surface area contributed by atoms with Crippen LogP contribution < -0.4 is 5.48 Å². The molecule has 0 unspecified atom stereocenters. The highest BCUT2D eigenvalue weighted by atomic mass is 32.2. The van der Waals surface area contributed by atoms with Crippen molar-refractivity contribution >= 4 is 17.7 Å². The standard InChI is InChI=1S/C17H19NO2S/c1-13(2)21-16-11-7-6-10-15(16)17(19)18-20-12-14-8-4-3-5-9-14/h3-11,13H,12H2,1-2H3,(H,18,19). The Bertz CT molecular complexity index is 584. The number of hydrogen-bond acceptors (Lipinski definition) is 3. The Labute approximate surface area is 129 Å². The van der Waals surface area contributed by atoms with E-state index >= 15 is 0 Å². The molecule has 0 bridgehead atoms. The molecular formula is C17H19NO2S. The lowest BCUT2D eigenvalue weighted by Crippen LogP contribution is -2.24. The molecule has 0 atom stereocenters. The van der Waals surface area contributed by atoms with E-state index in [2.05, 4.69) is 19.3 Å². The molecule has 0 aliphatic carbocycles. The maximum atomic E-state index is 12.2. The fourth-order valence-electron chi connectivity index (χ4n) is 1.83. The third kappa shape index (κ3) is 4.92. The third-order valence-corrected chi connectivity index (χ3v) is 3.82. The molecule has 0 aliphatic heterocycles. The highest BCUT2D eigenvalue weighted by molar-refractivity contribution is 8.00. The molecule has 21 heavy (non-hydrogen) atoms. The van der Waals surface area contributed by atoms with E-state index in [1.54, 1.807) is 11.8 Å². The fraction of sp³-hybridized carbons (Fsp3) is 0.235. The van der Waals surface area contributed by atoms with Crippen molar-refractivity contribution in [3.63, 3.8) is 0 Å². The average molecular weight is 301 g/mol. The number of thioether (sulfide) groups is 1. The maximum absolute atomic E-state index is 12.2. The maximum Gasteiger partial charge on any atom is 0.275 e. The molecule has 0 aromatic heterocycles. The van der Waals surface area contributed by atoms with Crippen molar-refractivity contribution in [2.45, 2.75) is 30.6 Å². The first-order valence-corrected chi connectivity index (χ1v) is 7.76. The number of carbonyl (C=O) groups excluding carboxylic acids is 1. The zero-order valence-corrected chi connectivity index (χ0v) is 13.0. The fourth-order valence-corrected chi connectivity index (χ4v) is 2.78. The number of benzene rings is 2. The number of hydrogen-bond donors (Lipinski definition) is 1. The van der Waals surface area contributed by atoms with Crippen molar-refractivity contribution in [1.82, 2.24) is 5.48 Å². The summed E-state index contributed by atoms with van der Waals surface area (Å²) in [6.07, 6.45) is 0. The topological polar surface area (TPSA) is 38.3 Å². The van der Waals surface area contributed by atoms with E-state index in [-0.39, 0.29) is 5.91 Å². The van der Waals surface area contributed by atoms with E-state index in [4.69, 9.17) is 4.84 Å². The first kappa shape index (κ1) is 15.6. The molecule has 4 heteroatoms. The summed E-state index contributed by atoms with van der Waals surface area (Å²) in [6, 6.07) is 17.3. The molecule has 2 aromatic carbocycles. The summed E-state index contributed by atoms with van der Waals surface area (Å²) in [5.74, 6) is -0.213. The van der Waals surface area contributed by atoms with Crippen LogP contribution in [0.2, 0.25) is 0 Å². The molecule has 3 nitrogen and oxygen atoms in total. The normalized spacial score (nSPS) is 10.6. The van der Waals surface area contributed by atoms with Crippen molar-refractivity contribution < 1.29 is 9.63 Å². The van der Waals surface area contributed by atoms with Crippen molar-refractivity contribution in [2.75, 3.05) is 0 Å². The van der Waals surface area contributed by atoms with Crippen LogP contribution in [-0.4, -0.2) is 11.2 Å². The molecule has 2 aromatic rings. The van der Waals surface area contributed by atoms with Gasteiger partial charge in [0, 0.05) is 10.1 Å². The average Bonchev–Trinajstić information content (AvgIpc) is 2.48. The van der Waals surface area contributed by atoms with Gasteiger partial charge in [0.05, 0.1) is 12.2 Å². The Balaban J connectivity index is 1.94. The van der Waals surface area contributed by atoms with Gasteiger partial charge < -0.3 is 0 Å². The minimum Gasteiger partial charge on any atom is -0.269 e. The molecule has 0 saturated heterocycles. The molecule has 1 amide bonds. The van der Waals surface area contributed by atoms with E-state index in [1.807, 2.05) is 54.6 Å². The van der Waals surface area contributed by atoms with Gasteiger partial charge in [0.25, 0.3) is 5.91 Å². The molecule has 0 fully saturated rings. The van der Waals surface area contributed by atoms with Crippen LogP contribution >= 0.6 is 11.8 Å². The second-order valence-electron chi connectivity index (χ2n) is 4.87. The smallest absolute Gasteiger partial charge is 0.269 e. The number of rotatable bonds is 6. The van der Waals surface area contributed by atoms with Crippen molar-refractivity contribution in [1.29, 1.82) is 0 Å². The van der Waals surface area contributed by atoms with E-state index in [1.165, 1.54) is 0 Å². The van der Waals surface area contributed by atoms with Crippen LogP contribution in [0.25, 0.3) is 0 Å². The summed E-state index contributed by atoms with van der Waals surface area (Å²) in [7, 11) is 0. The first-order chi connectivity index (χ1) is 10.2. The molecule has 1 N–H and O–H groups in total. The molecule has 0 aliphatic rings. The summed E-state index contributed by atoms with van der Waals surface area (Å²) >= 11 is 1.67. The quantitative estimate of drug-likeness (QED) is 0.646. The Morgan fingerprint density at radius 3 is 2.48 bits per heavy atom. The predicted octanol–water partition coefficient (Wildman–Crippen LogP) is 4.05. The van der Waals surface area contributed by atoms with Gasteiger partial charge in [0.2, 0.25) is 0 Å². The highest BCUT2D eigenvalue weighted by Gasteiger charge is 2.12. The zero-order chi connectivity index (χ0) is 15.1. The Hall–Kier alpha value is -1.78. The van der Waals surface area contributed by atoms with Crippen LogP contribution in [0.1, 0.15) is 29.8 Å². The van der Waals surface area contributed by atoms with E-state index in [0.717, 1.165) is 10.5 Å². The van der Waals surface area contributed by atoms with Crippen LogP contribution in [-0.2, 0) is 11.4 Å². The second-order valence-corrected chi connectivity index (χ2v) is 6.49.